The zero-order chi connectivity index (χ0) is 9.30. The Kier molecular flexibility index (Phi) is 2.89. The quantitative estimate of drug-likeness (QED) is 0.649. The summed E-state index contributed by atoms with van der Waals surface area (Å²) in [5.74, 6) is 0.778. The Balaban J connectivity index is 2.67. The third-order valence-corrected chi connectivity index (χ3v) is 2.70. The summed E-state index contributed by atoms with van der Waals surface area (Å²) >= 11 is 0. The van der Waals surface area contributed by atoms with E-state index in [1.807, 2.05) is 20.8 Å². The molecule has 1 rings (SSSR count). The largest absolute Gasteiger partial charge is 0.392 e. The van der Waals surface area contributed by atoms with Crippen LogP contribution in [-0.2, 0) is 4.79 Å². The monoisotopic (exact) mass is 170 g/mol. The van der Waals surface area contributed by atoms with Crippen LogP contribution in [0.15, 0.2) is 0 Å². The highest BCUT2D eigenvalue weighted by molar-refractivity contribution is 5.82. The highest BCUT2D eigenvalue weighted by atomic mass is 16.3. The lowest BCUT2D eigenvalue weighted by molar-refractivity contribution is -0.133. The van der Waals surface area contributed by atoms with Crippen molar-refractivity contribution < 1.29 is 9.90 Å². The molecule has 0 radical (unpaired) electrons. The van der Waals surface area contributed by atoms with Gasteiger partial charge in [0.1, 0.15) is 5.78 Å². The van der Waals surface area contributed by atoms with E-state index in [0.29, 0.717) is 12.3 Å². The van der Waals surface area contributed by atoms with Gasteiger partial charge in [0.05, 0.1) is 6.10 Å². The van der Waals surface area contributed by atoms with E-state index in [0.717, 1.165) is 6.42 Å². The number of ketones is 1. The molecule has 12 heavy (non-hydrogen) atoms. The summed E-state index contributed by atoms with van der Waals surface area (Å²) in [7, 11) is 0. The molecular weight excluding hydrogens is 152 g/mol. The van der Waals surface area contributed by atoms with E-state index in [2.05, 4.69) is 0 Å². The molecule has 0 heterocycles. The average molecular weight is 170 g/mol. The smallest absolute Gasteiger partial charge is 0.139 e. The van der Waals surface area contributed by atoms with Crippen molar-refractivity contribution in [3.8, 4) is 0 Å². The molecule has 0 aliphatic heterocycles. The molecule has 0 aromatic rings. The molecule has 1 aliphatic carbocycles. The van der Waals surface area contributed by atoms with Gasteiger partial charge in [0.15, 0.2) is 0 Å². The van der Waals surface area contributed by atoms with Crippen molar-refractivity contribution in [1.29, 1.82) is 0 Å². The van der Waals surface area contributed by atoms with E-state index in [-0.39, 0.29) is 17.6 Å². The topological polar surface area (TPSA) is 37.3 Å². The van der Waals surface area contributed by atoms with Crippen molar-refractivity contribution in [3.63, 3.8) is 0 Å². The number of rotatable bonds is 1. The molecule has 2 heteroatoms. The Morgan fingerprint density at radius 1 is 1.50 bits per heavy atom. The second-order valence-corrected chi connectivity index (χ2v) is 4.35. The normalized spacial score (nSPS) is 37.4. The van der Waals surface area contributed by atoms with Gasteiger partial charge in [-0.05, 0) is 18.3 Å². The van der Waals surface area contributed by atoms with Crippen LogP contribution in [0.3, 0.4) is 0 Å². The van der Waals surface area contributed by atoms with Gasteiger partial charge >= 0.3 is 0 Å². The fourth-order valence-electron chi connectivity index (χ4n) is 2.15. The standard InChI is InChI=1S/C10H18O2/c1-6(2)10-8(11)4-7(3)5-9(10)12/h6-8,10-11H,4-5H2,1-3H3/t7-,8?,10?/m1/s1. The van der Waals surface area contributed by atoms with E-state index < -0.39 is 6.10 Å². The predicted molar refractivity (Wildman–Crippen MR) is 47.7 cm³/mol. The maximum Gasteiger partial charge on any atom is 0.139 e. The Morgan fingerprint density at radius 2 is 2.08 bits per heavy atom. The third kappa shape index (κ3) is 1.86. The van der Waals surface area contributed by atoms with Gasteiger partial charge in [-0.15, -0.1) is 0 Å². The minimum atomic E-state index is -0.402. The van der Waals surface area contributed by atoms with Crippen LogP contribution in [0.25, 0.3) is 0 Å². The number of aliphatic hydroxyl groups excluding tert-OH is 1. The fraction of sp³-hybridized carbons (Fsp3) is 0.900. The molecule has 3 atom stereocenters. The van der Waals surface area contributed by atoms with Gasteiger partial charge in [0, 0.05) is 12.3 Å². The van der Waals surface area contributed by atoms with Crippen LogP contribution in [0.2, 0.25) is 0 Å². The molecule has 0 aromatic carbocycles. The molecular formula is C10H18O2. The second kappa shape index (κ2) is 3.56. The molecule has 1 saturated carbocycles. The first-order chi connectivity index (χ1) is 5.52. The van der Waals surface area contributed by atoms with Crippen LogP contribution >= 0.6 is 0 Å². The van der Waals surface area contributed by atoms with Crippen molar-refractivity contribution in [1.82, 2.24) is 0 Å². The van der Waals surface area contributed by atoms with Crippen molar-refractivity contribution in [2.45, 2.75) is 39.7 Å². The lowest BCUT2D eigenvalue weighted by atomic mass is 9.74. The van der Waals surface area contributed by atoms with E-state index >= 15 is 0 Å². The maximum absolute atomic E-state index is 11.5. The van der Waals surface area contributed by atoms with E-state index in [1.165, 1.54) is 0 Å². The Hall–Kier alpha value is -0.370. The number of carbonyl (C=O) groups is 1. The van der Waals surface area contributed by atoms with Crippen molar-refractivity contribution in [2.24, 2.45) is 17.8 Å². The molecule has 0 amide bonds. The Bertz CT molecular complexity index is 175. The number of aliphatic hydroxyl groups is 1. The van der Waals surface area contributed by atoms with Crippen LogP contribution < -0.4 is 0 Å². The predicted octanol–water partition coefficient (Wildman–Crippen LogP) is 1.62. The zero-order valence-electron chi connectivity index (χ0n) is 8.08. The molecule has 1 aliphatic rings. The molecule has 0 bridgehead atoms. The third-order valence-electron chi connectivity index (χ3n) is 2.70. The lowest BCUT2D eigenvalue weighted by Gasteiger charge is -2.32. The van der Waals surface area contributed by atoms with Crippen LogP contribution in [0.1, 0.15) is 33.6 Å². The molecule has 1 fully saturated rings. The molecule has 2 nitrogen and oxygen atoms in total. The van der Waals surface area contributed by atoms with Gasteiger partial charge in [-0.3, -0.25) is 4.79 Å². The summed E-state index contributed by atoms with van der Waals surface area (Å²) in [5.41, 5.74) is 0. The van der Waals surface area contributed by atoms with Crippen molar-refractivity contribution in [2.75, 3.05) is 0 Å². The minimum absolute atomic E-state index is 0.110. The molecule has 0 saturated heterocycles. The van der Waals surface area contributed by atoms with E-state index in [9.17, 15) is 9.90 Å². The first-order valence-corrected chi connectivity index (χ1v) is 4.73. The van der Waals surface area contributed by atoms with Crippen LogP contribution in [0, 0.1) is 17.8 Å². The summed E-state index contributed by atoms with van der Waals surface area (Å²) in [6.07, 6.45) is 1.04. The second-order valence-electron chi connectivity index (χ2n) is 4.35. The van der Waals surface area contributed by atoms with Crippen LogP contribution in [0.4, 0.5) is 0 Å². The number of hydrogen-bond donors (Lipinski definition) is 1. The molecule has 2 unspecified atom stereocenters. The minimum Gasteiger partial charge on any atom is -0.392 e. The Labute approximate surface area is 74.0 Å². The summed E-state index contributed by atoms with van der Waals surface area (Å²) in [6.45, 7) is 6.03. The van der Waals surface area contributed by atoms with E-state index in [4.69, 9.17) is 0 Å². The van der Waals surface area contributed by atoms with Gasteiger partial charge in [0.2, 0.25) is 0 Å². The first kappa shape index (κ1) is 9.72. The lowest BCUT2D eigenvalue weighted by Crippen LogP contribution is -2.39. The fourth-order valence-corrected chi connectivity index (χ4v) is 2.15. The SMILES string of the molecule is CC(C)C1C(=O)C[C@H](C)CC1O. The van der Waals surface area contributed by atoms with Crippen molar-refractivity contribution in [3.05, 3.63) is 0 Å². The zero-order valence-corrected chi connectivity index (χ0v) is 8.08. The molecule has 1 N–H and O–H groups in total. The molecule has 70 valence electrons. The summed E-state index contributed by atoms with van der Waals surface area (Å²) < 4.78 is 0. The highest BCUT2D eigenvalue weighted by Crippen LogP contribution is 2.30. The van der Waals surface area contributed by atoms with Crippen LogP contribution in [-0.4, -0.2) is 17.0 Å². The molecule has 0 spiro atoms. The van der Waals surface area contributed by atoms with Gasteiger partial charge < -0.3 is 5.11 Å². The first-order valence-electron chi connectivity index (χ1n) is 4.73. The molecule has 0 aromatic heterocycles. The summed E-state index contributed by atoms with van der Waals surface area (Å²) in [6, 6.07) is 0. The van der Waals surface area contributed by atoms with Gasteiger partial charge in [-0.1, -0.05) is 20.8 Å². The number of hydrogen-bond acceptors (Lipinski definition) is 2. The van der Waals surface area contributed by atoms with Crippen molar-refractivity contribution >= 4 is 5.78 Å². The summed E-state index contributed by atoms with van der Waals surface area (Å²) in [4.78, 5) is 11.5. The number of Topliss-reactive ketones (excluding diaryl/α,β-unsaturated/α-hetero) is 1. The highest BCUT2D eigenvalue weighted by Gasteiger charge is 2.35. The Morgan fingerprint density at radius 3 is 2.50 bits per heavy atom. The number of carbonyl (C=O) groups excluding carboxylic acids is 1. The van der Waals surface area contributed by atoms with Crippen LogP contribution in [0.5, 0.6) is 0 Å². The summed E-state index contributed by atoms with van der Waals surface area (Å²) in [5, 5.41) is 9.66. The average Bonchev–Trinajstić information content (AvgIpc) is 1.82. The van der Waals surface area contributed by atoms with E-state index in [1.54, 1.807) is 0 Å². The van der Waals surface area contributed by atoms with Gasteiger partial charge in [0.25, 0.3) is 0 Å². The maximum atomic E-state index is 11.5. The van der Waals surface area contributed by atoms with Gasteiger partial charge in [-0.2, -0.15) is 0 Å². The van der Waals surface area contributed by atoms with Gasteiger partial charge in [-0.25, -0.2) is 0 Å².